The van der Waals surface area contributed by atoms with Crippen LogP contribution < -0.4 is 0 Å². The van der Waals surface area contributed by atoms with E-state index in [1.807, 2.05) is 31.2 Å². The maximum absolute atomic E-state index is 12.3. The third-order valence-electron chi connectivity index (χ3n) is 3.94. The zero-order valence-electron chi connectivity index (χ0n) is 13.7. The Balaban J connectivity index is 1.98. The van der Waals surface area contributed by atoms with Crippen molar-refractivity contribution in [2.24, 2.45) is 5.92 Å². The molecule has 2 heterocycles. The highest BCUT2D eigenvalue weighted by Gasteiger charge is 2.22. The van der Waals surface area contributed by atoms with Crippen LogP contribution in [0.2, 0.25) is 0 Å². The Bertz CT molecular complexity index is 723. The van der Waals surface area contributed by atoms with Gasteiger partial charge < -0.3 is 4.90 Å². The molecule has 0 radical (unpaired) electrons. The van der Waals surface area contributed by atoms with Crippen molar-refractivity contribution in [3.63, 3.8) is 0 Å². The van der Waals surface area contributed by atoms with E-state index in [0.29, 0.717) is 24.9 Å². The van der Waals surface area contributed by atoms with Crippen molar-refractivity contribution >= 4 is 22.9 Å². The van der Waals surface area contributed by atoms with E-state index in [-0.39, 0.29) is 11.8 Å². The van der Waals surface area contributed by atoms with E-state index < -0.39 is 12.5 Å². The fraction of sp³-hybridized carbons (Fsp3) is 0.412. The summed E-state index contributed by atoms with van der Waals surface area (Å²) in [5, 5.41) is 0.967. The number of amides is 1. The summed E-state index contributed by atoms with van der Waals surface area (Å²) >= 11 is 0. The summed E-state index contributed by atoms with van der Waals surface area (Å²) in [6.07, 6.45) is 3.53. The number of hydrogen-bond donors (Lipinski definition) is 0. The molecule has 24 heavy (non-hydrogen) atoms. The summed E-state index contributed by atoms with van der Waals surface area (Å²) in [4.78, 5) is 36.3. The van der Waals surface area contributed by atoms with E-state index in [9.17, 15) is 14.1 Å². The van der Waals surface area contributed by atoms with Crippen molar-refractivity contribution in [1.82, 2.24) is 14.9 Å². The minimum absolute atomic E-state index is 0.207. The molecule has 7 heteroatoms. The second-order valence-corrected chi connectivity index (χ2v) is 5.64. The molecule has 0 bridgehead atoms. The number of aryl methyl sites for hydroxylation is 1. The molecule has 128 valence electrons. The topological polar surface area (TPSA) is 72.4 Å². The van der Waals surface area contributed by atoms with Gasteiger partial charge in [0.25, 0.3) is 0 Å². The Morgan fingerprint density at radius 3 is 2.83 bits per heavy atom. The number of nitrogens with zero attached hydrogens (tertiary/aromatic N) is 3. The van der Waals surface area contributed by atoms with Crippen LogP contribution in [0.4, 0.5) is 4.53 Å². The molecule has 1 atom stereocenters. The fourth-order valence-corrected chi connectivity index (χ4v) is 2.56. The van der Waals surface area contributed by atoms with Crippen LogP contribution >= 0.6 is 0 Å². The van der Waals surface area contributed by atoms with E-state index in [0.717, 1.165) is 11.1 Å². The van der Waals surface area contributed by atoms with Crippen LogP contribution in [0.5, 0.6) is 0 Å². The van der Waals surface area contributed by atoms with Crippen molar-refractivity contribution in [3.8, 4) is 0 Å². The zero-order chi connectivity index (χ0) is 17.5. The fourth-order valence-electron chi connectivity index (χ4n) is 2.56. The SMILES string of the molecule is CCC(CCc1ccc2cccnc2n1)C(=O)N(C)CC(=O)OF. The van der Waals surface area contributed by atoms with Gasteiger partial charge in [0.2, 0.25) is 5.91 Å². The van der Waals surface area contributed by atoms with Gasteiger partial charge in [0, 0.05) is 34.8 Å². The van der Waals surface area contributed by atoms with E-state index in [4.69, 9.17) is 0 Å². The van der Waals surface area contributed by atoms with E-state index in [2.05, 4.69) is 14.9 Å². The van der Waals surface area contributed by atoms with Crippen LogP contribution in [0, 0.1) is 5.92 Å². The molecule has 2 rings (SSSR count). The second kappa shape index (κ2) is 8.33. The number of carbonyl (C=O) groups excluding carboxylic acids is 2. The summed E-state index contributed by atoms with van der Waals surface area (Å²) < 4.78 is 11.8. The quantitative estimate of drug-likeness (QED) is 0.778. The lowest BCUT2D eigenvalue weighted by Gasteiger charge is -2.21. The summed E-state index contributed by atoms with van der Waals surface area (Å²) in [5.74, 6) is -1.55. The second-order valence-electron chi connectivity index (χ2n) is 5.64. The lowest BCUT2D eigenvalue weighted by atomic mass is 9.97. The number of halogens is 1. The smallest absolute Gasteiger partial charge is 0.334 e. The highest BCUT2D eigenvalue weighted by atomic mass is 19.3. The number of aromatic nitrogens is 2. The molecule has 0 saturated heterocycles. The average molecular weight is 333 g/mol. The van der Waals surface area contributed by atoms with E-state index in [1.165, 1.54) is 11.9 Å². The summed E-state index contributed by atoms with van der Waals surface area (Å²) in [5.41, 5.74) is 1.54. The van der Waals surface area contributed by atoms with Crippen LogP contribution in [-0.2, 0) is 21.0 Å². The van der Waals surface area contributed by atoms with Gasteiger partial charge >= 0.3 is 5.97 Å². The Hall–Kier alpha value is -2.57. The first kappa shape index (κ1) is 17.8. The van der Waals surface area contributed by atoms with Crippen molar-refractivity contribution in [2.45, 2.75) is 26.2 Å². The maximum atomic E-state index is 12.3. The van der Waals surface area contributed by atoms with Gasteiger partial charge in [-0.3, -0.25) is 9.74 Å². The molecule has 6 nitrogen and oxygen atoms in total. The minimum atomic E-state index is -1.08. The van der Waals surface area contributed by atoms with Gasteiger partial charge in [-0.25, -0.2) is 14.8 Å². The number of likely N-dealkylation sites (N-methyl/N-ethyl adjacent to an activating group) is 1. The molecular formula is C17H20FN3O3. The van der Waals surface area contributed by atoms with Crippen molar-refractivity contribution in [1.29, 1.82) is 0 Å². The normalized spacial score (nSPS) is 12.0. The first-order valence-corrected chi connectivity index (χ1v) is 7.82. The van der Waals surface area contributed by atoms with Gasteiger partial charge in [-0.15, -0.1) is 0 Å². The first-order valence-electron chi connectivity index (χ1n) is 7.82. The highest BCUT2D eigenvalue weighted by molar-refractivity contribution is 5.83. The van der Waals surface area contributed by atoms with Crippen LogP contribution in [0.3, 0.4) is 0 Å². The third-order valence-corrected chi connectivity index (χ3v) is 3.94. The number of hydrogen-bond acceptors (Lipinski definition) is 5. The lowest BCUT2D eigenvalue weighted by Crippen LogP contribution is -2.36. The number of pyridine rings is 2. The third kappa shape index (κ3) is 4.47. The Kier molecular flexibility index (Phi) is 6.17. The molecule has 0 N–H and O–H groups in total. The lowest BCUT2D eigenvalue weighted by molar-refractivity contribution is -0.185. The molecule has 0 spiro atoms. The summed E-state index contributed by atoms with van der Waals surface area (Å²) in [6, 6.07) is 7.67. The molecular weight excluding hydrogens is 313 g/mol. The van der Waals surface area contributed by atoms with Gasteiger partial charge in [0.1, 0.15) is 6.54 Å². The Morgan fingerprint density at radius 1 is 1.33 bits per heavy atom. The summed E-state index contributed by atoms with van der Waals surface area (Å²) in [7, 11) is 1.46. The molecule has 2 aromatic rings. The minimum Gasteiger partial charge on any atom is -0.334 e. The molecule has 0 saturated carbocycles. The van der Waals surface area contributed by atoms with E-state index >= 15 is 0 Å². The number of carbonyl (C=O) groups is 2. The molecule has 0 aliphatic rings. The Morgan fingerprint density at radius 2 is 2.12 bits per heavy atom. The molecule has 0 aliphatic carbocycles. The van der Waals surface area contributed by atoms with Gasteiger partial charge in [-0.05, 0) is 43.5 Å². The largest absolute Gasteiger partial charge is 0.367 e. The van der Waals surface area contributed by atoms with Gasteiger partial charge in [-0.1, -0.05) is 6.92 Å². The standard InChI is InChI=1S/C17H20FN3O3/c1-3-12(17(23)21(2)11-15(22)24-18)6-8-14-9-7-13-5-4-10-19-16(13)20-14/h4-5,7,9-10,12H,3,6,8,11H2,1-2H3. The molecule has 0 aliphatic heterocycles. The van der Waals surface area contributed by atoms with Crippen LogP contribution in [0.25, 0.3) is 11.0 Å². The molecule has 0 aromatic carbocycles. The molecule has 0 fully saturated rings. The van der Waals surface area contributed by atoms with Crippen molar-refractivity contribution in [2.75, 3.05) is 13.6 Å². The summed E-state index contributed by atoms with van der Waals surface area (Å²) in [6.45, 7) is 1.50. The number of rotatable bonds is 7. The molecule has 2 aromatic heterocycles. The maximum Gasteiger partial charge on any atom is 0.367 e. The molecule has 1 amide bonds. The van der Waals surface area contributed by atoms with Gasteiger partial charge in [0.05, 0.1) is 0 Å². The van der Waals surface area contributed by atoms with Crippen molar-refractivity contribution in [3.05, 3.63) is 36.2 Å². The predicted molar refractivity (Wildman–Crippen MR) is 86.5 cm³/mol. The predicted octanol–water partition coefficient (Wildman–Crippen LogP) is 2.47. The highest BCUT2D eigenvalue weighted by Crippen LogP contribution is 2.17. The average Bonchev–Trinajstić information content (AvgIpc) is 2.61. The molecule has 1 unspecified atom stereocenters. The Labute approximate surface area is 139 Å². The monoisotopic (exact) mass is 333 g/mol. The number of fused-ring (bicyclic) bond motifs is 1. The van der Waals surface area contributed by atoms with E-state index in [1.54, 1.807) is 6.20 Å². The van der Waals surface area contributed by atoms with Crippen LogP contribution in [-0.4, -0.2) is 40.3 Å². The van der Waals surface area contributed by atoms with Crippen LogP contribution in [0.15, 0.2) is 30.5 Å². The van der Waals surface area contributed by atoms with Gasteiger partial charge in [0.15, 0.2) is 5.65 Å². The van der Waals surface area contributed by atoms with Crippen LogP contribution in [0.1, 0.15) is 25.5 Å². The van der Waals surface area contributed by atoms with Crippen molar-refractivity contribution < 1.29 is 19.1 Å². The zero-order valence-corrected chi connectivity index (χ0v) is 13.7. The van der Waals surface area contributed by atoms with Gasteiger partial charge in [-0.2, -0.15) is 0 Å². The first-order chi connectivity index (χ1) is 11.5.